The number of ether oxygens (including phenoxy) is 1. The van der Waals surface area contributed by atoms with Gasteiger partial charge in [-0.2, -0.15) is 0 Å². The van der Waals surface area contributed by atoms with E-state index >= 15 is 0 Å². The van der Waals surface area contributed by atoms with E-state index in [0.29, 0.717) is 11.7 Å². The summed E-state index contributed by atoms with van der Waals surface area (Å²) >= 11 is 0. The molecule has 0 bridgehead atoms. The number of carbonyl (C=O) groups is 1. The molecule has 22 heavy (non-hydrogen) atoms. The minimum absolute atomic E-state index is 0.0619. The summed E-state index contributed by atoms with van der Waals surface area (Å²) < 4.78 is 23.9. The first-order valence-corrected chi connectivity index (χ1v) is 6.65. The number of aromatic nitrogens is 1. The number of methoxy groups -OCH3 is 1. The van der Waals surface area contributed by atoms with Crippen molar-refractivity contribution in [3.8, 4) is 5.75 Å². The van der Waals surface area contributed by atoms with E-state index in [2.05, 4.69) is 10.3 Å². The molecule has 0 amide bonds. The lowest BCUT2D eigenvalue weighted by Gasteiger charge is -2.14. The summed E-state index contributed by atoms with van der Waals surface area (Å²) in [5.74, 6) is -0.610. The molecule has 0 saturated carbocycles. The molecule has 6 nitrogen and oxygen atoms in total. The number of carboxylic acid groups (broad SMARTS) is 1. The first kappa shape index (κ1) is 16.0. The molecule has 1 aromatic carbocycles. The second-order valence-electron chi connectivity index (χ2n) is 4.80. The molecule has 2 N–H and O–H groups in total. The third-order valence-electron chi connectivity index (χ3n) is 3.29. The number of nitrogens with one attached hydrogen (secondary N) is 1. The number of aliphatic carboxylic acids is 1. The van der Waals surface area contributed by atoms with Crippen molar-refractivity contribution in [2.45, 2.75) is 26.4 Å². The lowest BCUT2D eigenvalue weighted by molar-refractivity contribution is -0.139. The van der Waals surface area contributed by atoms with Crippen LogP contribution in [-0.4, -0.2) is 23.2 Å². The molecule has 1 atom stereocenters. The predicted molar refractivity (Wildman–Crippen MR) is 76.1 cm³/mol. The van der Waals surface area contributed by atoms with Crippen LogP contribution >= 0.6 is 0 Å². The van der Waals surface area contributed by atoms with Crippen molar-refractivity contribution in [1.82, 2.24) is 10.3 Å². The van der Waals surface area contributed by atoms with E-state index in [1.54, 1.807) is 13.8 Å². The van der Waals surface area contributed by atoms with Crippen molar-refractivity contribution in [3.05, 3.63) is 46.9 Å². The molecule has 0 aliphatic heterocycles. The minimum Gasteiger partial charge on any atom is -0.494 e. The Bertz CT molecular complexity index is 665. The fourth-order valence-electron chi connectivity index (χ4n) is 2.01. The number of nitrogens with zero attached hydrogens (tertiary/aromatic N) is 1. The molecule has 118 valence electrons. The summed E-state index contributed by atoms with van der Waals surface area (Å²) in [6.07, 6.45) is 0. The summed E-state index contributed by atoms with van der Waals surface area (Å²) in [5.41, 5.74) is 1.03. The van der Waals surface area contributed by atoms with Crippen LogP contribution in [0.15, 0.2) is 22.6 Å². The second kappa shape index (κ2) is 6.57. The van der Waals surface area contributed by atoms with Gasteiger partial charge in [-0.1, -0.05) is 6.07 Å². The number of hydrogen-bond donors (Lipinski definition) is 2. The lowest BCUT2D eigenvalue weighted by atomic mass is 10.1. The largest absolute Gasteiger partial charge is 0.494 e. The van der Waals surface area contributed by atoms with Gasteiger partial charge in [-0.25, -0.2) is 9.37 Å². The van der Waals surface area contributed by atoms with E-state index in [-0.39, 0.29) is 17.9 Å². The molecule has 2 aromatic rings. The Morgan fingerprint density at radius 2 is 2.23 bits per heavy atom. The second-order valence-corrected chi connectivity index (χ2v) is 4.80. The highest BCUT2D eigenvalue weighted by Crippen LogP contribution is 2.22. The van der Waals surface area contributed by atoms with Gasteiger partial charge < -0.3 is 14.3 Å². The maximum absolute atomic E-state index is 13.7. The van der Waals surface area contributed by atoms with Gasteiger partial charge in [-0.15, -0.1) is 0 Å². The SMILES string of the molecule is COc1ccc(C(NCc2nc(C)c(C)o2)C(=O)O)cc1F. The van der Waals surface area contributed by atoms with Crippen molar-refractivity contribution < 1.29 is 23.4 Å². The highest BCUT2D eigenvalue weighted by atomic mass is 19.1. The molecule has 7 heteroatoms. The zero-order chi connectivity index (χ0) is 16.3. The first-order valence-electron chi connectivity index (χ1n) is 6.65. The summed E-state index contributed by atoms with van der Waals surface area (Å²) in [5, 5.41) is 12.1. The molecule has 0 saturated heterocycles. The Labute approximate surface area is 126 Å². The number of rotatable bonds is 6. The highest BCUT2D eigenvalue weighted by Gasteiger charge is 2.21. The molecule has 1 heterocycles. The molecule has 0 aliphatic rings. The molecule has 2 rings (SSSR count). The number of carboxylic acids is 1. The number of hydrogen-bond acceptors (Lipinski definition) is 5. The maximum atomic E-state index is 13.7. The van der Waals surface area contributed by atoms with Crippen molar-refractivity contribution in [1.29, 1.82) is 0 Å². The summed E-state index contributed by atoms with van der Waals surface area (Å²) in [6.45, 7) is 3.70. The number of halogens is 1. The Balaban J connectivity index is 2.16. The average molecular weight is 308 g/mol. The standard InChI is InChI=1S/C15H17FN2O4/c1-8-9(2)22-13(18-8)7-17-14(15(19)20)10-4-5-12(21-3)11(16)6-10/h4-6,14,17H,7H2,1-3H3,(H,19,20). The van der Waals surface area contributed by atoms with Crippen LogP contribution in [0.25, 0.3) is 0 Å². The van der Waals surface area contributed by atoms with Gasteiger partial charge in [0.15, 0.2) is 11.6 Å². The van der Waals surface area contributed by atoms with Crippen LogP contribution in [0.1, 0.15) is 29.0 Å². The third kappa shape index (κ3) is 3.43. The van der Waals surface area contributed by atoms with Gasteiger partial charge in [-0.3, -0.25) is 10.1 Å². The molecule has 0 fully saturated rings. The topological polar surface area (TPSA) is 84.6 Å². The maximum Gasteiger partial charge on any atom is 0.325 e. The van der Waals surface area contributed by atoms with Crippen LogP contribution in [0.5, 0.6) is 5.75 Å². The van der Waals surface area contributed by atoms with Crippen LogP contribution in [0.3, 0.4) is 0 Å². The Kier molecular flexibility index (Phi) is 4.77. The van der Waals surface area contributed by atoms with E-state index in [1.165, 1.54) is 19.2 Å². The smallest absolute Gasteiger partial charge is 0.325 e. The predicted octanol–water partition coefficient (Wildman–Crippen LogP) is 2.35. The molecule has 0 radical (unpaired) electrons. The fourth-order valence-corrected chi connectivity index (χ4v) is 2.01. The van der Waals surface area contributed by atoms with Crippen LogP contribution in [0.4, 0.5) is 4.39 Å². The highest BCUT2D eigenvalue weighted by molar-refractivity contribution is 5.75. The molecule has 0 spiro atoms. The number of oxazole rings is 1. The summed E-state index contributed by atoms with van der Waals surface area (Å²) in [4.78, 5) is 15.6. The first-order chi connectivity index (χ1) is 10.4. The van der Waals surface area contributed by atoms with Gasteiger partial charge >= 0.3 is 5.97 Å². The van der Waals surface area contributed by atoms with Gasteiger partial charge in [-0.05, 0) is 31.5 Å². The van der Waals surface area contributed by atoms with Crippen molar-refractivity contribution in [2.75, 3.05) is 7.11 Å². The summed E-state index contributed by atoms with van der Waals surface area (Å²) in [6, 6.07) is 2.95. The Hall–Kier alpha value is -2.41. The van der Waals surface area contributed by atoms with Crippen LogP contribution in [-0.2, 0) is 11.3 Å². The quantitative estimate of drug-likeness (QED) is 0.852. The van der Waals surface area contributed by atoms with E-state index in [0.717, 1.165) is 11.8 Å². The van der Waals surface area contributed by atoms with Crippen molar-refractivity contribution in [2.24, 2.45) is 0 Å². The Morgan fingerprint density at radius 1 is 1.50 bits per heavy atom. The van der Waals surface area contributed by atoms with E-state index in [4.69, 9.17) is 9.15 Å². The normalized spacial score (nSPS) is 12.2. The monoisotopic (exact) mass is 308 g/mol. The number of aryl methyl sites for hydroxylation is 2. The molecule has 0 aliphatic carbocycles. The molecular weight excluding hydrogens is 291 g/mol. The van der Waals surface area contributed by atoms with Crippen molar-refractivity contribution >= 4 is 5.97 Å². The molecule has 1 aromatic heterocycles. The van der Waals surface area contributed by atoms with Crippen LogP contribution in [0, 0.1) is 19.7 Å². The van der Waals surface area contributed by atoms with Gasteiger partial charge in [0.05, 0.1) is 19.3 Å². The van der Waals surface area contributed by atoms with E-state index in [9.17, 15) is 14.3 Å². The van der Waals surface area contributed by atoms with Gasteiger partial charge in [0.25, 0.3) is 0 Å². The number of benzene rings is 1. The molecule has 1 unspecified atom stereocenters. The lowest BCUT2D eigenvalue weighted by Crippen LogP contribution is -2.28. The zero-order valence-electron chi connectivity index (χ0n) is 12.5. The van der Waals surface area contributed by atoms with E-state index in [1.807, 2.05) is 0 Å². The fraction of sp³-hybridized carbons (Fsp3) is 0.333. The summed E-state index contributed by atoms with van der Waals surface area (Å²) in [7, 11) is 1.35. The van der Waals surface area contributed by atoms with Gasteiger partial charge in [0.1, 0.15) is 11.8 Å². The Morgan fingerprint density at radius 3 is 2.73 bits per heavy atom. The van der Waals surface area contributed by atoms with Gasteiger partial charge in [0, 0.05) is 0 Å². The van der Waals surface area contributed by atoms with Gasteiger partial charge in [0.2, 0.25) is 5.89 Å². The third-order valence-corrected chi connectivity index (χ3v) is 3.29. The average Bonchev–Trinajstić information content (AvgIpc) is 2.78. The van der Waals surface area contributed by atoms with E-state index < -0.39 is 17.8 Å². The van der Waals surface area contributed by atoms with Crippen LogP contribution < -0.4 is 10.1 Å². The van der Waals surface area contributed by atoms with Crippen molar-refractivity contribution in [3.63, 3.8) is 0 Å². The zero-order valence-corrected chi connectivity index (χ0v) is 12.5. The van der Waals surface area contributed by atoms with Crippen LogP contribution in [0.2, 0.25) is 0 Å². The molecular formula is C15H17FN2O4. The minimum atomic E-state index is -1.12.